The summed E-state index contributed by atoms with van der Waals surface area (Å²) in [6, 6.07) is 13.9. The summed E-state index contributed by atoms with van der Waals surface area (Å²) in [4.78, 5) is 18.3. The number of anilines is 2. The number of benzene rings is 2. The molecule has 0 atom stereocenters. The first kappa shape index (κ1) is 23.2. The number of fused-ring (bicyclic) bond motifs is 1. The summed E-state index contributed by atoms with van der Waals surface area (Å²) in [6.07, 6.45) is 3.58. The molecule has 1 saturated heterocycles. The molecule has 7 nitrogen and oxygen atoms in total. The Morgan fingerprint density at radius 2 is 1.81 bits per heavy atom. The van der Waals surface area contributed by atoms with Crippen LogP contribution in [-0.4, -0.2) is 38.7 Å². The Bertz CT molecular complexity index is 918. The van der Waals surface area contributed by atoms with Gasteiger partial charge in [-0.25, -0.2) is 0 Å². The number of nitrogens with one attached hydrogen (secondary N) is 2. The Balaban J connectivity index is 0.00000272. The van der Waals surface area contributed by atoms with Crippen molar-refractivity contribution in [2.75, 3.05) is 37.0 Å². The van der Waals surface area contributed by atoms with Crippen LogP contribution in [0.5, 0.6) is 11.5 Å². The summed E-state index contributed by atoms with van der Waals surface area (Å²) >= 11 is 0. The zero-order chi connectivity index (χ0) is 20.8. The molecule has 2 heterocycles. The van der Waals surface area contributed by atoms with Gasteiger partial charge >= 0.3 is 0 Å². The lowest BCUT2D eigenvalue weighted by molar-refractivity contribution is -0.119. The van der Waals surface area contributed by atoms with Crippen LogP contribution in [0.2, 0.25) is 0 Å². The van der Waals surface area contributed by atoms with E-state index in [9.17, 15) is 4.79 Å². The number of hydrogen-bond donors (Lipinski definition) is 2. The van der Waals surface area contributed by atoms with Crippen molar-refractivity contribution in [2.24, 2.45) is 4.99 Å². The third-order valence-corrected chi connectivity index (χ3v) is 5.27. The molecule has 2 aromatic rings. The van der Waals surface area contributed by atoms with Gasteiger partial charge in [0.15, 0.2) is 17.5 Å². The van der Waals surface area contributed by atoms with E-state index in [1.165, 1.54) is 0 Å². The van der Waals surface area contributed by atoms with E-state index in [1.54, 1.807) is 7.05 Å². The molecule has 8 heteroatoms. The van der Waals surface area contributed by atoms with Crippen molar-refractivity contribution in [3.8, 4) is 11.5 Å². The number of nitrogens with zero attached hydrogens (tertiary/aromatic N) is 2. The normalized spacial score (nSPS) is 16.2. The number of hydrogen-bond acceptors (Lipinski definition) is 4. The van der Waals surface area contributed by atoms with Crippen LogP contribution < -0.4 is 25.0 Å². The molecule has 166 valence electrons. The van der Waals surface area contributed by atoms with Gasteiger partial charge in [-0.1, -0.05) is 12.1 Å². The number of carbonyl (C=O) groups is 1. The van der Waals surface area contributed by atoms with Gasteiger partial charge in [0.05, 0.1) is 13.2 Å². The monoisotopic (exact) mass is 536 g/mol. The second-order valence-electron chi connectivity index (χ2n) is 7.43. The van der Waals surface area contributed by atoms with Crippen LogP contribution in [-0.2, 0) is 11.3 Å². The van der Waals surface area contributed by atoms with E-state index in [-0.39, 0.29) is 29.9 Å². The molecule has 0 unspecified atom stereocenters. The highest BCUT2D eigenvalue weighted by Crippen LogP contribution is 2.32. The topological polar surface area (TPSA) is 75.2 Å². The van der Waals surface area contributed by atoms with Gasteiger partial charge in [-0.3, -0.25) is 9.79 Å². The molecule has 1 amide bonds. The predicted octanol–water partition coefficient (Wildman–Crippen LogP) is 4.17. The van der Waals surface area contributed by atoms with Gasteiger partial charge in [0, 0.05) is 50.4 Å². The third-order valence-electron chi connectivity index (χ3n) is 5.27. The lowest BCUT2D eigenvalue weighted by atomic mass is 10.1. The fourth-order valence-electron chi connectivity index (χ4n) is 3.62. The summed E-state index contributed by atoms with van der Waals surface area (Å²) in [6.45, 7) is 2.76. The molecule has 0 aliphatic carbocycles. The number of carbonyl (C=O) groups excluding carboxylic acids is 1. The Morgan fingerprint density at radius 3 is 2.55 bits per heavy atom. The Kier molecular flexibility index (Phi) is 8.39. The fourth-order valence-corrected chi connectivity index (χ4v) is 3.62. The summed E-state index contributed by atoms with van der Waals surface area (Å²) < 4.78 is 11.4. The maximum absolute atomic E-state index is 12.1. The van der Waals surface area contributed by atoms with Gasteiger partial charge in [-0.05, 0) is 42.7 Å². The molecule has 0 radical (unpaired) electrons. The highest BCUT2D eigenvalue weighted by atomic mass is 127. The van der Waals surface area contributed by atoms with Crippen LogP contribution in [0.25, 0.3) is 0 Å². The molecule has 2 aromatic carbocycles. The molecule has 2 aliphatic rings. The molecule has 31 heavy (non-hydrogen) atoms. The van der Waals surface area contributed by atoms with Gasteiger partial charge in [0.1, 0.15) is 0 Å². The first-order chi connectivity index (χ1) is 14.7. The number of amides is 1. The van der Waals surface area contributed by atoms with E-state index in [4.69, 9.17) is 9.47 Å². The van der Waals surface area contributed by atoms with Gasteiger partial charge in [-0.2, -0.15) is 0 Å². The van der Waals surface area contributed by atoms with E-state index >= 15 is 0 Å². The van der Waals surface area contributed by atoms with Crippen LogP contribution in [0.1, 0.15) is 31.2 Å². The average Bonchev–Trinajstić information content (AvgIpc) is 3.02. The fraction of sp³-hybridized carbons (Fsp3) is 0.391. The van der Waals surface area contributed by atoms with E-state index in [0.717, 1.165) is 54.2 Å². The van der Waals surface area contributed by atoms with Crippen molar-refractivity contribution in [2.45, 2.75) is 32.2 Å². The van der Waals surface area contributed by atoms with Crippen molar-refractivity contribution in [3.63, 3.8) is 0 Å². The highest BCUT2D eigenvalue weighted by molar-refractivity contribution is 14.0. The summed E-state index contributed by atoms with van der Waals surface area (Å²) in [5.41, 5.74) is 2.97. The standard InChI is InChI=1S/C23H28N4O3.HI/c1-24-23(26-18-8-11-20-21(15-18)30-14-4-13-29-20)25-16-17-6-9-19(10-7-17)27-12-3-2-5-22(27)28;/h6-11,15H,2-5,12-14,16H2,1H3,(H2,24,25,26);1H. The molecule has 0 saturated carbocycles. The van der Waals surface area contributed by atoms with Crippen LogP contribution >= 0.6 is 24.0 Å². The first-order valence-electron chi connectivity index (χ1n) is 10.5. The zero-order valence-corrected chi connectivity index (χ0v) is 20.1. The predicted molar refractivity (Wildman–Crippen MR) is 134 cm³/mol. The summed E-state index contributed by atoms with van der Waals surface area (Å²) in [7, 11) is 1.74. The molecular formula is C23H29IN4O3. The first-order valence-corrected chi connectivity index (χ1v) is 10.5. The van der Waals surface area contributed by atoms with E-state index in [2.05, 4.69) is 15.6 Å². The summed E-state index contributed by atoms with van der Waals surface area (Å²) in [5, 5.41) is 6.61. The van der Waals surface area contributed by atoms with Crippen molar-refractivity contribution >= 4 is 47.2 Å². The zero-order valence-electron chi connectivity index (χ0n) is 17.7. The third kappa shape index (κ3) is 6.03. The average molecular weight is 536 g/mol. The van der Waals surface area contributed by atoms with Gasteiger partial charge in [-0.15, -0.1) is 24.0 Å². The van der Waals surface area contributed by atoms with Gasteiger partial charge < -0.3 is 25.0 Å². The number of rotatable bonds is 4. The number of ether oxygens (including phenoxy) is 2. The lowest BCUT2D eigenvalue weighted by Crippen LogP contribution is -2.35. The molecule has 0 aromatic heterocycles. The second kappa shape index (κ2) is 11.2. The minimum absolute atomic E-state index is 0. The molecule has 4 rings (SSSR count). The maximum atomic E-state index is 12.1. The van der Waals surface area contributed by atoms with E-state index in [1.807, 2.05) is 47.4 Å². The molecule has 0 spiro atoms. The summed E-state index contributed by atoms with van der Waals surface area (Å²) in [5.74, 6) is 2.40. The van der Waals surface area contributed by atoms with Gasteiger partial charge in [0.25, 0.3) is 0 Å². The number of aliphatic imine (C=N–C) groups is 1. The van der Waals surface area contributed by atoms with E-state index < -0.39 is 0 Å². The van der Waals surface area contributed by atoms with Crippen molar-refractivity contribution in [1.29, 1.82) is 0 Å². The maximum Gasteiger partial charge on any atom is 0.226 e. The number of halogens is 1. The van der Waals surface area contributed by atoms with Crippen molar-refractivity contribution in [1.82, 2.24) is 5.32 Å². The largest absolute Gasteiger partial charge is 0.490 e. The van der Waals surface area contributed by atoms with Gasteiger partial charge in [0.2, 0.25) is 5.91 Å². The highest BCUT2D eigenvalue weighted by Gasteiger charge is 2.19. The van der Waals surface area contributed by atoms with Crippen molar-refractivity contribution in [3.05, 3.63) is 48.0 Å². The molecular weight excluding hydrogens is 507 g/mol. The Labute approximate surface area is 200 Å². The Hall–Kier alpha value is -2.49. The molecule has 1 fully saturated rings. The molecule has 2 N–H and O–H groups in total. The lowest BCUT2D eigenvalue weighted by Gasteiger charge is -2.26. The smallest absolute Gasteiger partial charge is 0.226 e. The minimum Gasteiger partial charge on any atom is -0.490 e. The van der Waals surface area contributed by atoms with Crippen LogP contribution in [0.15, 0.2) is 47.5 Å². The Morgan fingerprint density at radius 1 is 1.03 bits per heavy atom. The quantitative estimate of drug-likeness (QED) is 0.349. The van der Waals surface area contributed by atoms with Crippen molar-refractivity contribution < 1.29 is 14.3 Å². The second-order valence-corrected chi connectivity index (χ2v) is 7.43. The van der Waals surface area contributed by atoms with Crippen LogP contribution in [0, 0.1) is 0 Å². The van der Waals surface area contributed by atoms with E-state index in [0.29, 0.717) is 32.1 Å². The molecule has 0 bridgehead atoms. The SMILES string of the molecule is CN=C(NCc1ccc(N2CCCCC2=O)cc1)Nc1ccc2c(c1)OCCCO2.I. The van der Waals surface area contributed by atoms with Crippen LogP contribution in [0.4, 0.5) is 11.4 Å². The minimum atomic E-state index is 0. The van der Waals surface area contributed by atoms with Crippen LogP contribution in [0.3, 0.4) is 0 Å². The number of guanidine groups is 1. The number of piperidine rings is 1. The molecule has 2 aliphatic heterocycles.